The fourth-order valence-electron chi connectivity index (χ4n) is 8.92. The number of rotatable bonds is 7. The number of nitrogens with zero attached hydrogens (tertiary/aromatic N) is 2. The Balaban J connectivity index is 0.952. The van der Waals surface area contributed by atoms with Crippen LogP contribution in [0, 0.1) is 0 Å². The Hall–Kier alpha value is -7.66. The zero-order valence-corrected chi connectivity index (χ0v) is 33.3. The lowest BCUT2D eigenvalue weighted by atomic mass is 10.0. The molecular weight excluding hydrogens is 749 g/mol. The summed E-state index contributed by atoms with van der Waals surface area (Å²) in [6.45, 7) is 0. The van der Waals surface area contributed by atoms with Gasteiger partial charge < -0.3 is 13.9 Å². The summed E-state index contributed by atoms with van der Waals surface area (Å²) >= 11 is 1.84. The Morgan fingerprint density at radius 3 is 1.67 bits per heavy atom. The number of aromatic nitrogens is 1. The molecule has 12 rings (SSSR count). The number of para-hydroxylation sites is 3. The third-order valence-corrected chi connectivity index (χ3v) is 13.0. The molecule has 60 heavy (non-hydrogen) atoms. The van der Waals surface area contributed by atoms with Gasteiger partial charge in [0.25, 0.3) is 0 Å². The molecule has 0 aliphatic rings. The van der Waals surface area contributed by atoms with Crippen LogP contribution in [0.15, 0.2) is 223 Å². The number of anilines is 3. The van der Waals surface area contributed by atoms with Crippen LogP contribution in [0.3, 0.4) is 0 Å². The molecular formula is C56H36N2OS. The SMILES string of the molecule is c1ccc(-c2ccc(N(c3ccc(-c4ccccc4)cc3)c3ccc4sc(-c5ccc6c(c5)c5ccccc5n6-c5cccc6c5oc5ccccc56)cc4c3)cc2)cc1. The third kappa shape index (κ3) is 5.72. The summed E-state index contributed by atoms with van der Waals surface area (Å²) in [4.78, 5) is 3.61. The minimum absolute atomic E-state index is 0.902. The van der Waals surface area contributed by atoms with Gasteiger partial charge in [0.15, 0.2) is 5.58 Å². The maximum absolute atomic E-state index is 6.54. The molecule has 0 amide bonds. The van der Waals surface area contributed by atoms with E-state index in [1.165, 1.54) is 53.6 Å². The standard InChI is InChI=1S/C56H36N2OS/c1-3-12-37(13-4-1)39-22-27-43(28-23-39)57(44-29-24-40(25-30-44)38-14-5-2-6-15-38)45-31-33-54-42(34-45)36-55(60-54)41-26-32-51-49(35-41)46-16-7-9-19-50(46)58(51)52-20-11-18-48-47-17-8-10-21-53(47)59-56(48)52/h1-36H. The van der Waals surface area contributed by atoms with Crippen molar-refractivity contribution >= 4 is 82.2 Å². The minimum atomic E-state index is 0.902. The summed E-state index contributed by atoms with van der Waals surface area (Å²) in [5.74, 6) is 0. The highest BCUT2D eigenvalue weighted by atomic mass is 32.1. The normalized spacial score (nSPS) is 11.7. The molecule has 0 N–H and O–H groups in total. The molecule has 3 nitrogen and oxygen atoms in total. The maximum atomic E-state index is 6.54. The topological polar surface area (TPSA) is 21.3 Å². The van der Waals surface area contributed by atoms with Crippen molar-refractivity contribution in [3.8, 4) is 38.4 Å². The molecule has 0 radical (unpaired) electrons. The second-order valence-electron chi connectivity index (χ2n) is 15.3. The van der Waals surface area contributed by atoms with E-state index in [-0.39, 0.29) is 0 Å². The maximum Gasteiger partial charge on any atom is 0.159 e. The fraction of sp³-hybridized carbons (Fsp3) is 0. The van der Waals surface area contributed by atoms with Gasteiger partial charge in [-0.25, -0.2) is 0 Å². The smallest absolute Gasteiger partial charge is 0.159 e. The van der Waals surface area contributed by atoms with Crippen LogP contribution >= 0.6 is 11.3 Å². The van der Waals surface area contributed by atoms with Crippen molar-refractivity contribution in [2.24, 2.45) is 0 Å². The Labute approximate surface area is 351 Å². The summed E-state index contributed by atoms with van der Waals surface area (Å²) in [7, 11) is 0. The van der Waals surface area contributed by atoms with Crippen molar-refractivity contribution in [2.45, 2.75) is 0 Å². The molecule has 3 aromatic heterocycles. The average Bonchev–Trinajstić information content (AvgIpc) is 4.02. The van der Waals surface area contributed by atoms with Gasteiger partial charge in [0, 0.05) is 48.2 Å². The van der Waals surface area contributed by atoms with E-state index in [0.29, 0.717) is 0 Å². The molecule has 3 heterocycles. The van der Waals surface area contributed by atoms with Crippen molar-refractivity contribution in [3.63, 3.8) is 0 Å². The van der Waals surface area contributed by atoms with Crippen LogP contribution in [-0.4, -0.2) is 4.57 Å². The number of hydrogen-bond acceptors (Lipinski definition) is 3. The first-order chi connectivity index (χ1) is 29.7. The van der Waals surface area contributed by atoms with Gasteiger partial charge in [0.2, 0.25) is 0 Å². The van der Waals surface area contributed by atoms with Crippen LogP contribution in [0.25, 0.3) is 92.2 Å². The van der Waals surface area contributed by atoms with Crippen LogP contribution in [0.2, 0.25) is 0 Å². The highest BCUT2D eigenvalue weighted by Crippen LogP contribution is 2.43. The highest BCUT2D eigenvalue weighted by molar-refractivity contribution is 7.22. The molecule has 0 bridgehead atoms. The first kappa shape index (κ1) is 34.4. The van der Waals surface area contributed by atoms with Crippen molar-refractivity contribution in [2.75, 3.05) is 4.90 Å². The van der Waals surface area contributed by atoms with Crippen LogP contribution in [0.1, 0.15) is 0 Å². The fourth-order valence-corrected chi connectivity index (χ4v) is 9.96. The van der Waals surface area contributed by atoms with Crippen LogP contribution in [0.5, 0.6) is 0 Å². The lowest BCUT2D eigenvalue weighted by Gasteiger charge is -2.26. The van der Waals surface area contributed by atoms with E-state index in [4.69, 9.17) is 4.42 Å². The quantitative estimate of drug-likeness (QED) is 0.161. The van der Waals surface area contributed by atoms with Gasteiger partial charge in [0.1, 0.15) is 5.58 Å². The van der Waals surface area contributed by atoms with E-state index in [1.54, 1.807) is 0 Å². The average molecular weight is 785 g/mol. The van der Waals surface area contributed by atoms with E-state index in [0.717, 1.165) is 55.7 Å². The summed E-state index contributed by atoms with van der Waals surface area (Å²) in [5, 5.41) is 5.92. The number of furan rings is 1. The first-order valence-electron chi connectivity index (χ1n) is 20.3. The minimum Gasteiger partial charge on any atom is -0.454 e. The van der Waals surface area contributed by atoms with E-state index < -0.39 is 0 Å². The van der Waals surface area contributed by atoms with Crippen molar-refractivity contribution in [1.82, 2.24) is 4.57 Å². The van der Waals surface area contributed by atoms with Gasteiger partial charge in [-0.1, -0.05) is 140 Å². The Morgan fingerprint density at radius 2 is 0.950 bits per heavy atom. The molecule has 9 aromatic carbocycles. The molecule has 282 valence electrons. The summed E-state index contributed by atoms with van der Waals surface area (Å²) in [6, 6.07) is 78.6. The van der Waals surface area contributed by atoms with Crippen molar-refractivity contribution in [1.29, 1.82) is 0 Å². The summed E-state index contributed by atoms with van der Waals surface area (Å²) in [5.41, 5.74) is 14.5. The van der Waals surface area contributed by atoms with E-state index in [2.05, 4.69) is 222 Å². The second kappa shape index (κ2) is 14.0. The molecule has 0 aliphatic heterocycles. The molecule has 0 fully saturated rings. The van der Waals surface area contributed by atoms with Gasteiger partial charge in [-0.05, 0) is 112 Å². The molecule has 0 saturated carbocycles. The molecule has 4 heteroatoms. The second-order valence-corrected chi connectivity index (χ2v) is 16.4. The van der Waals surface area contributed by atoms with E-state index in [1.807, 2.05) is 17.4 Å². The third-order valence-electron chi connectivity index (χ3n) is 11.8. The Kier molecular flexibility index (Phi) is 8.03. The largest absolute Gasteiger partial charge is 0.454 e. The summed E-state index contributed by atoms with van der Waals surface area (Å²) < 4.78 is 10.2. The molecule has 0 unspecified atom stereocenters. The van der Waals surface area contributed by atoms with Gasteiger partial charge >= 0.3 is 0 Å². The van der Waals surface area contributed by atoms with E-state index >= 15 is 0 Å². The van der Waals surface area contributed by atoms with Gasteiger partial charge in [-0.2, -0.15) is 0 Å². The highest BCUT2D eigenvalue weighted by Gasteiger charge is 2.19. The monoisotopic (exact) mass is 784 g/mol. The predicted octanol–water partition coefficient (Wildman–Crippen LogP) is 16.4. The Bertz CT molecular complexity index is 3440. The van der Waals surface area contributed by atoms with E-state index in [9.17, 15) is 0 Å². The van der Waals surface area contributed by atoms with Crippen LogP contribution in [-0.2, 0) is 0 Å². The van der Waals surface area contributed by atoms with Crippen LogP contribution < -0.4 is 4.90 Å². The number of fused-ring (bicyclic) bond motifs is 7. The lowest BCUT2D eigenvalue weighted by Crippen LogP contribution is -2.09. The predicted molar refractivity (Wildman–Crippen MR) is 254 cm³/mol. The summed E-state index contributed by atoms with van der Waals surface area (Å²) in [6.07, 6.45) is 0. The van der Waals surface area contributed by atoms with Gasteiger partial charge in [0.05, 0.1) is 16.7 Å². The van der Waals surface area contributed by atoms with Crippen molar-refractivity contribution in [3.05, 3.63) is 218 Å². The molecule has 0 spiro atoms. The Morgan fingerprint density at radius 1 is 0.383 bits per heavy atom. The van der Waals surface area contributed by atoms with Crippen molar-refractivity contribution < 1.29 is 4.42 Å². The molecule has 0 saturated heterocycles. The molecule has 0 aliphatic carbocycles. The molecule has 12 aromatic rings. The lowest BCUT2D eigenvalue weighted by molar-refractivity contribution is 0.666. The zero-order valence-electron chi connectivity index (χ0n) is 32.5. The van der Waals surface area contributed by atoms with Gasteiger partial charge in [-0.15, -0.1) is 11.3 Å². The number of hydrogen-bond donors (Lipinski definition) is 0. The first-order valence-corrected chi connectivity index (χ1v) is 21.1. The zero-order chi connectivity index (χ0) is 39.6. The van der Waals surface area contributed by atoms with Gasteiger partial charge in [-0.3, -0.25) is 0 Å². The van der Waals surface area contributed by atoms with Crippen LogP contribution in [0.4, 0.5) is 17.1 Å². The number of thiophene rings is 1. The number of benzene rings is 9. The molecule has 0 atom stereocenters.